The van der Waals surface area contributed by atoms with E-state index in [2.05, 4.69) is 25.9 Å². The maximum absolute atomic E-state index is 15.3. The normalized spacial score (nSPS) is 35.1. The largest absolute Gasteiger partial charge is 0.496 e. The van der Waals surface area contributed by atoms with E-state index in [0.29, 0.717) is 131 Å². The molecule has 3 aromatic rings. The zero-order valence-corrected chi connectivity index (χ0v) is 45.6. The number of hydrogen-bond donors (Lipinski definition) is 4. The maximum atomic E-state index is 15.3. The number of carbonyl (C=O) groups excluding carboxylic acids is 4. The average molecular weight is 1090 g/mol. The fourth-order valence-electron chi connectivity index (χ4n) is 14.7. The molecule has 74 heavy (non-hydrogen) atoms. The summed E-state index contributed by atoms with van der Waals surface area (Å²) >= 11 is 11.1. The summed E-state index contributed by atoms with van der Waals surface area (Å²) in [6.45, 7) is 10.5. The molecule has 2 unspecified atom stereocenters. The Morgan fingerprint density at radius 1 is 0.986 bits per heavy atom. The molecule has 1 saturated carbocycles. The Labute approximate surface area is 442 Å². The van der Waals surface area contributed by atoms with Crippen LogP contribution in [0.1, 0.15) is 81.7 Å². The summed E-state index contributed by atoms with van der Waals surface area (Å²) in [5.74, 6) is -1.19. The van der Waals surface area contributed by atoms with Crippen LogP contribution in [0.5, 0.6) is 5.75 Å². The molecule has 2 aromatic carbocycles. The zero-order chi connectivity index (χ0) is 53.0. The lowest BCUT2D eigenvalue weighted by Crippen LogP contribution is -2.81. The van der Waals surface area contributed by atoms with Gasteiger partial charge in [-0.2, -0.15) is 0 Å². The number of anilines is 1. The smallest absolute Gasteiger partial charge is 0.344 e. The van der Waals surface area contributed by atoms with Gasteiger partial charge in [-0.05, 0) is 80.7 Å². The van der Waals surface area contributed by atoms with Crippen LogP contribution in [0.15, 0.2) is 48.6 Å². The number of rotatable bonds is 13. The van der Waals surface area contributed by atoms with Crippen molar-refractivity contribution < 1.29 is 57.4 Å². The Balaban J connectivity index is 0.000000417. The van der Waals surface area contributed by atoms with Gasteiger partial charge in [0.1, 0.15) is 11.2 Å². The van der Waals surface area contributed by atoms with Gasteiger partial charge in [0.15, 0.2) is 6.10 Å². The molecule has 2 bridgehead atoms. The summed E-state index contributed by atoms with van der Waals surface area (Å²) < 4.78 is 42.9. The molecule has 1 spiro atoms. The molecule has 4 fully saturated rings. The van der Waals surface area contributed by atoms with Crippen molar-refractivity contribution in [3.63, 3.8) is 0 Å². The van der Waals surface area contributed by atoms with E-state index in [9.17, 15) is 29.2 Å². The minimum atomic E-state index is -2.84. The van der Waals surface area contributed by atoms with Crippen molar-refractivity contribution in [2.45, 2.75) is 106 Å². The molecule has 404 valence electrons. The number of halogens is 2. The second kappa shape index (κ2) is 21.0. The number of alkyl halides is 2. The SMILES string of the molecule is CC[C@]1(O)C[C@H]2CN(CCc3c([nH]c4ccccc34)[C@@](C(=O)OC)(c3cc4c(cc3OC)N(C=O)[C@H]3[C@@](O)(C(=O)OC)[C@H](OC(C)=O)[C@]5(CC)C=CCN6CC[C@]43[C@@H]65)C2)C1.O=P1(NCCCl)OCCCN1CCCl. The minimum Gasteiger partial charge on any atom is -0.496 e. The molecule has 11 atom stereocenters. The topological polar surface area (TPSA) is 213 Å². The first-order valence-corrected chi connectivity index (χ1v) is 28.5. The van der Waals surface area contributed by atoms with Crippen molar-refractivity contribution in [3.8, 4) is 5.75 Å². The number of aromatic nitrogens is 1. The first-order valence-electron chi connectivity index (χ1n) is 25.9. The summed E-state index contributed by atoms with van der Waals surface area (Å²) in [5, 5.41) is 29.1. The van der Waals surface area contributed by atoms with Gasteiger partial charge in [0.25, 0.3) is 0 Å². The van der Waals surface area contributed by atoms with Crippen molar-refractivity contribution in [1.29, 1.82) is 0 Å². The van der Waals surface area contributed by atoms with Gasteiger partial charge in [-0.15, -0.1) is 23.2 Å². The Kier molecular flexibility index (Phi) is 15.6. The second-order valence-electron chi connectivity index (χ2n) is 21.1. The average Bonchev–Trinajstić information content (AvgIpc) is 4.08. The van der Waals surface area contributed by atoms with E-state index in [1.165, 1.54) is 33.2 Å². The molecule has 3 saturated heterocycles. The Hall–Kier alpha value is -4.07. The van der Waals surface area contributed by atoms with Gasteiger partial charge in [-0.25, -0.2) is 14.6 Å². The molecule has 7 heterocycles. The van der Waals surface area contributed by atoms with E-state index in [1.54, 1.807) is 10.7 Å². The van der Waals surface area contributed by atoms with Crippen molar-refractivity contribution in [3.05, 3.63) is 70.9 Å². The first-order chi connectivity index (χ1) is 35.5. The van der Waals surface area contributed by atoms with Crippen molar-refractivity contribution >= 4 is 71.8 Å². The summed E-state index contributed by atoms with van der Waals surface area (Å²) in [7, 11) is 1.25. The number of hydrogen-bond acceptors (Lipinski definition) is 14. The number of esters is 3. The molecule has 7 aliphatic rings. The van der Waals surface area contributed by atoms with Crippen molar-refractivity contribution in [1.82, 2.24) is 24.5 Å². The first kappa shape index (κ1) is 54.7. The van der Waals surface area contributed by atoms with Gasteiger partial charge in [0.2, 0.25) is 12.0 Å². The number of ether oxygens (including phenoxy) is 4. The van der Waals surface area contributed by atoms with Crippen LogP contribution in [0, 0.1) is 11.3 Å². The molecule has 0 radical (unpaired) electrons. The van der Waals surface area contributed by atoms with E-state index in [-0.39, 0.29) is 12.3 Å². The quantitative estimate of drug-likeness (QED) is 0.0421. The van der Waals surface area contributed by atoms with Crippen LogP contribution in [-0.2, 0) is 59.7 Å². The standard InChI is InChI=1S/C46H56N4O10.C7H15Cl2N2O2P/c1-7-42(55)22-28-23-45(40(53)58-5,36-30(14-18-48(24-28)25-42)29-12-9-10-13-33(29)47-36)32-20-31-34(21-35(32)57-4)50(26-51)38-44(31)16-19-49-17-11-15-43(8-2,37(44)49)39(60-27(3)52)46(38,56)41(54)59-6;8-2-4-10-14(12)11(6-3-9)5-1-7-13-14/h9-13,15,20-21,26,28,37-39,47,55-56H,7-8,14,16-19,22-25H2,1-6H3;1-7H2,(H,10,12)/t28-,37+,38-,39-,42+,43-,44-,45+,46+;/m1./s1. The van der Waals surface area contributed by atoms with Gasteiger partial charge in [-0.1, -0.05) is 44.2 Å². The fraction of sp³-hybridized carbons (Fsp3) is 0.623. The van der Waals surface area contributed by atoms with Crippen molar-refractivity contribution in [2.75, 3.05) is 97.0 Å². The third-order valence-electron chi connectivity index (χ3n) is 17.4. The van der Waals surface area contributed by atoms with E-state index < -0.39 is 71.2 Å². The molecule has 1 aliphatic carbocycles. The number of methoxy groups -OCH3 is 3. The lowest BCUT2D eigenvalue weighted by atomic mass is 9.47. The second-order valence-corrected chi connectivity index (χ2v) is 24.0. The van der Waals surface area contributed by atoms with Crippen molar-refractivity contribution in [2.24, 2.45) is 11.3 Å². The number of aromatic amines is 1. The number of benzene rings is 2. The summed E-state index contributed by atoms with van der Waals surface area (Å²) in [5.41, 5.74) is -3.15. The molecule has 10 rings (SSSR count). The number of H-pyrrole nitrogens is 1. The fourth-order valence-corrected chi connectivity index (χ4v) is 17.2. The molecule has 6 aliphatic heterocycles. The third kappa shape index (κ3) is 8.44. The minimum absolute atomic E-state index is 0.155. The highest BCUT2D eigenvalue weighted by Gasteiger charge is 2.81. The van der Waals surface area contributed by atoms with E-state index in [4.69, 9.17) is 46.7 Å². The number of aliphatic hydroxyl groups is 2. The number of para-hydroxylation sites is 1. The van der Waals surface area contributed by atoms with Gasteiger partial charge in [0.05, 0.1) is 45.3 Å². The molecular formula is C53H71Cl2N6O12P. The summed E-state index contributed by atoms with van der Waals surface area (Å²) in [4.78, 5) is 66.1. The van der Waals surface area contributed by atoms with Gasteiger partial charge < -0.3 is 43.6 Å². The lowest BCUT2D eigenvalue weighted by molar-refractivity contribution is -0.228. The van der Waals surface area contributed by atoms with Crippen LogP contribution in [-0.4, -0.2) is 175 Å². The highest BCUT2D eigenvalue weighted by molar-refractivity contribution is 7.54. The Morgan fingerprint density at radius 2 is 1.76 bits per heavy atom. The van der Waals surface area contributed by atoms with Crippen LogP contribution < -0.4 is 14.7 Å². The highest BCUT2D eigenvalue weighted by atomic mass is 35.5. The molecular weight excluding hydrogens is 1010 g/mol. The predicted octanol–water partition coefficient (Wildman–Crippen LogP) is 5.40. The molecule has 1 amide bonds. The molecule has 4 N–H and O–H groups in total. The van der Waals surface area contributed by atoms with E-state index in [1.807, 2.05) is 50.3 Å². The molecule has 21 heteroatoms. The lowest BCUT2D eigenvalue weighted by Gasteiger charge is -2.63. The highest BCUT2D eigenvalue weighted by Crippen LogP contribution is 2.68. The summed E-state index contributed by atoms with van der Waals surface area (Å²) in [6.07, 6.45) is 6.73. The number of nitrogens with zero attached hydrogens (tertiary/aromatic N) is 4. The van der Waals surface area contributed by atoms with Crippen LogP contribution in [0.4, 0.5) is 5.69 Å². The zero-order valence-electron chi connectivity index (χ0n) is 43.2. The monoisotopic (exact) mass is 1080 g/mol. The van der Waals surface area contributed by atoms with E-state index >= 15 is 4.79 Å². The van der Waals surface area contributed by atoms with Gasteiger partial charge >= 0.3 is 25.6 Å². The molecule has 1 aromatic heterocycles. The predicted molar refractivity (Wildman–Crippen MR) is 280 cm³/mol. The van der Waals surface area contributed by atoms with Crippen LogP contribution >= 0.6 is 30.9 Å². The van der Waals surface area contributed by atoms with E-state index in [0.717, 1.165) is 29.4 Å². The maximum Gasteiger partial charge on any atom is 0.344 e. The number of nitrogens with one attached hydrogen (secondary N) is 2. The number of carbonyl (C=O) groups is 4. The number of fused-ring (bicyclic) bond motifs is 6. The van der Waals surface area contributed by atoms with Crippen LogP contribution in [0.2, 0.25) is 0 Å². The molecule has 18 nitrogen and oxygen atoms in total. The Bertz CT molecular complexity index is 2730. The number of amides is 1. The third-order valence-corrected chi connectivity index (χ3v) is 20.1. The van der Waals surface area contributed by atoms with Gasteiger partial charge in [-0.3, -0.25) is 28.7 Å². The van der Waals surface area contributed by atoms with Crippen LogP contribution in [0.3, 0.4) is 0 Å². The number of piperidine rings is 1. The van der Waals surface area contributed by atoms with Gasteiger partial charge in [0, 0.05) is 110 Å². The Morgan fingerprint density at radius 3 is 2.43 bits per heavy atom. The summed E-state index contributed by atoms with van der Waals surface area (Å²) in [6, 6.07) is 9.97. The van der Waals surface area contributed by atoms with Crippen LogP contribution in [0.25, 0.3) is 10.9 Å².